The van der Waals surface area contributed by atoms with E-state index in [1.54, 1.807) is 0 Å². The number of hydrogen-bond acceptors (Lipinski definition) is 2. The minimum Gasteiger partial charge on any atom is -0.478 e. The van der Waals surface area contributed by atoms with Gasteiger partial charge in [0.25, 0.3) is 0 Å². The molecule has 116 valence electrons. The van der Waals surface area contributed by atoms with E-state index in [1.165, 1.54) is 0 Å². The Morgan fingerprint density at radius 3 is 2.24 bits per heavy atom. The van der Waals surface area contributed by atoms with E-state index in [9.17, 15) is 26.7 Å². The molecule has 1 rings (SSSR count). The van der Waals surface area contributed by atoms with Crippen LogP contribution in [0.15, 0.2) is 18.2 Å². The average Bonchev–Trinajstić information content (AvgIpc) is 2.32. The highest BCUT2D eigenvalue weighted by Crippen LogP contribution is 2.27. The van der Waals surface area contributed by atoms with Gasteiger partial charge in [-0.3, -0.25) is 0 Å². The van der Waals surface area contributed by atoms with E-state index in [4.69, 9.17) is 5.11 Å². The van der Waals surface area contributed by atoms with Gasteiger partial charge in [-0.2, -0.15) is 13.2 Å². The van der Waals surface area contributed by atoms with E-state index in [0.717, 1.165) is 30.2 Å². The van der Waals surface area contributed by atoms with Crippen molar-refractivity contribution < 1.29 is 31.9 Å². The number of rotatable bonds is 5. The number of nitrogens with zero attached hydrogens (tertiary/aromatic N) is 1. The van der Waals surface area contributed by atoms with Crippen molar-refractivity contribution in [2.75, 3.05) is 18.5 Å². The fraction of sp³-hybridized carbons (Fsp3) is 0.308. The molecule has 1 aromatic carbocycles. The lowest BCUT2D eigenvalue weighted by molar-refractivity contribution is -0.132. The van der Waals surface area contributed by atoms with Gasteiger partial charge in [0.1, 0.15) is 17.3 Å². The lowest BCUT2D eigenvalue weighted by Gasteiger charge is -2.21. The zero-order valence-corrected chi connectivity index (χ0v) is 10.9. The van der Waals surface area contributed by atoms with Crippen molar-refractivity contribution in [3.8, 4) is 0 Å². The van der Waals surface area contributed by atoms with E-state index < -0.39 is 42.4 Å². The Balaban J connectivity index is 2.96. The molecule has 0 fully saturated rings. The smallest absolute Gasteiger partial charge is 0.390 e. The second kappa shape index (κ2) is 6.55. The molecule has 0 aromatic heterocycles. The highest BCUT2D eigenvalue weighted by atomic mass is 19.4. The molecule has 0 radical (unpaired) electrons. The van der Waals surface area contributed by atoms with Crippen LogP contribution in [0.3, 0.4) is 0 Å². The zero-order chi connectivity index (χ0) is 16.2. The van der Waals surface area contributed by atoms with Crippen LogP contribution in [0.1, 0.15) is 12.0 Å². The molecule has 0 aliphatic rings. The minimum atomic E-state index is -4.43. The Morgan fingerprint density at radius 2 is 1.81 bits per heavy atom. The van der Waals surface area contributed by atoms with Gasteiger partial charge in [-0.05, 0) is 23.8 Å². The van der Waals surface area contributed by atoms with Crippen LogP contribution in [0.4, 0.5) is 27.6 Å². The van der Waals surface area contributed by atoms with Crippen molar-refractivity contribution in [2.45, 2.75) is 12.6 Å². The maximum Gasteiger partial charge on any atom is 0.390 e. The van der Waals surface area contributed by atoms with Crippen LogP contribution >= 0.6 is 0 Å². The van der Waals surface area contributed by atoms with Gasteiger partial charge in [0.2, 0.25) is 0 Å². The summed E-state index contributed by atoms with van der Waals surface area (Å²) in [5.41, 5.74) is -0.632. The number of hydrogen-bond donors (Lipinski definition) is 1. The third-order valence-electron chi connectivity index (χ3n) is 2.57. The van der Waals surface area contributed by atoms with Crippen molar-refractivity contribution in [3.63, 3.8) is 0 Å². The first-order valence-corrected chi connectivity index (χ1v) is 5.78. The van der Waals surface area contributed by atoms with Crippen molar-refractivity contribution in [1.82, 2.24) is 0 Å². The van der Waals surface area contributed by atoms with Crippen molar-refractivity contribution in [3.05, 3.63) is 35.4 Å². The Kier molecular flexibility index (Phi) is 5.28. The van der Waals surface area contributed by atoms with E-state index >= 15 is 0 Å². The SMILES string of the molecule is CN(CCC(F)(F)F)c1c(F)cc(C=CC(=O)O)cc1F. The Bertz CT molecular complexity index is 531. The number of halogens is 5. The van der Waals surface area contributed by atoms with Gasteiger partial charge < -0.3 is 10.0 Å². The van der Waals surface area contributed by atoms with Gasteiger partial charge in [0.15, 0.2) is 0 Å². The van der Waals surface area contributed by atoms with Crippen molar-refractivity contribution in [1.29, 1.82) is 0 Å². The van der Waals surface area contributed by atoms with Gasteiger partial charge in [0.05, 0.1) is 6.42 Å². The standard InChI is InChI=1S/C13H12F5NO2/c1-19(5-4-13(16,17)18)12-9(14)6-8(7-10(12)15)2-3-11(20)21/h2-3,6-7H,4-5H2,1H3,(H,20,21). The second-order valence-corrected chi connectivity index (χ2v) is 4.29. The Morgan fingerprint density at radius 1 is 1.29 bits per heavy atom. The molecule has 0 unspecified atom stereocenters. The van der Waals surface area contributed by atoms with Gasteiger partial charge in [-0.1, -0.05) is 0 Å². The number of aliphatic carboxylic acids is 1. The van der Waals surface area contributed by atoms with E-state index in [-0.39, 0.29) is 5.56 Å². The van der Waals surface area contributed by atoms with Crippen LogP contribution < -0.4 is 4.90 Å². The predicted molar refractivity (Wildman–Crippen MR) is 67.0 cm³/mol. The summed E-state index contributed by atoms with van der Waals surface area (Å²) in [6, 6.07) is 1.70. The predicted octanol–water partition coefficient (Wildman–Crippen LogP) is 3.45. The summed E-state index contributed by atoms with van der Waals surface area (Å²) >= 11 is 0. The van der Waals surface area contributed by atoms with E-state index in [0.29, 0.717) is 6.08 Å². The average molecular weight is 309 g/mol. The maximum absolute atomic E-state index is 13.8. The first-order valence-electron chi connectivity index (χ1n) is 5.78. The normalized spacial score (nSPS) is 11.9. The lowest BCUT2D eigenvalue weighted by Crippen LogP contribution is -2.25. The van der Waals surface area contributed by atoms with Crippen molar-refractivity contribution >= 4 is 17.7 Å². The molecule has 0 atom stereocenters. The van der Waals surface area contributed by atoms with Crippen LogP contribution in [-0.4, -0.2) is 30.8 Å². The summed E-state index contributed by atoms with van der Waals surface area (Å²) in [7, 11) is 1.14. The molecule has 0 aliphatic heterocycles. The molecule has 1 N–H and O–H groups in total. The number of carboxylic acids is 1. The molecule has 0 saturated carbocycles. The maximum atomic E-state index is 13.8. The minimum absolute atomic E-state index is 0.0413. The summed E-state index contributed by atoms with van der Waals surface area (Å²) < 4.78 is 63.8. The van der Waals surface area contributed by atoms with Crippen LogP contribution in [0, 0.1) is 11.6 Å². The monoisotopic (exact) mass is 309 g/mol. The summed E-state index contributed by atoms with van der Waals surface area (Å²) in [5.74, 6) is -3.42. The number of benzene rings is 1. The first kappa shape index (κ1) is 16.9. The van der Waals surface area contributed by atoms with E-state index in [1.807, 2.05) is 0 Å². The Labute approximate surface area is 117 Å². The summed E-state index contributed by atoms with van der Waals surface area (Å²) in [4.78, 5) is 11.1. The topological polar surface area (TPSA) is 40.5 Å². The van der Waals surface area contributed by atoms with Crippen molar-refractivity contribution in [2.24, 2.45) is 0 Å². The van der Waals surface area contributed by atoms with Crippen LogP contribution in [0.5, 0.6) is 0 Å². The van der Waals surface area contributed by atoms with E-state index in [2.05, 4.69) is 0 Å². The highest BCUT2D eigenvalue weighted by molar-refractivity contribution is 5.85. The van der Waals surface area contributed by atoms with Gasteiger partial charge in [0, 0.05) is 19.7 Å². The molecular weight excluding hydrogens is 297 g/mol. The molecule has 8 heteroatoms. The number of alkyl halides is 3. The second-order valence-electron chi connectivity index (χ2n) is 4.29. The van der Waals surface area contributed by atoms with Gasteiger partial charge in [-0.15, -0.1) is 0 Å². The lowest BCUT2D eigenvalue weighted by atomic mass is 10.1. The summed E-state index contributed by atoms with van der Waals surface area (Å²) in [6.45, 7) is -0.596. The highest BCUT2D eigenvalue weighted by Gasteiger charge is 2.28. The molecule has 0 amide bonds. The number of carbonyl (C=O) groups is 1. The Hall–Kier alpha value is -2.12. The molecule has 0 aliphatic carbocycles. The fourth-order valence-corrected chi connectivity index (χ4v) is 1.62. The molecule has 1 aromatic rings. The molecule has 3 nitrogen and oxygen atoms in total. The van der Waals surface area contributed by atoms with Crippen LogP contribution in [-0.2, 0) is 4.79 Å². The molecule has 21 heavy (non-hydrogen) atoms. The fourth-order valence-electron chi connectivity index (χ4n) is 1.62. The third kappa shape index (κ3) is 5.41. The molecule has 0 heterocycles. The van der Waals surface area contributed by atoms with Gasteiger partial charge in [-0.25, -0.2) is 13.6 Å². The number of anilines is 1. The first-order chi connectivity index (χ1) is 9.60. The van der Waals surface area contributed by atoms with Crippen LogP contribution in [0.2, 0.25) is 0 Å². The summed E-state index contributed by atoms with van der Waals surface area (Å²) in [5, 5.41) is 8.41. The zero-order valence-electron chi connectivity index (χ0n) is 10.9. The quantitative estimate of drug-likeness (QED) is 0.669. The molecule has 0 saturated heterocycles. The largest absolute Gasteiger partial charge is 0.478 e. The molecule has 0 bridgehead atoms. The molecule has 0 spiro atoms. The third-order valence-corrected chi connectivity index (χ3v) is 2.57. The summed E-state index contributed by atoms with van der Waals surface area (Å²) in [6.07, 6.45) is -3.95. The number of carboxylic acid groups (broad SMARTS) is 1. The molecular formula is C13H12F5NO2. The van der Waals surface area contributed by atoms with Crippen LogP contribution in [0.25, 0.3) is 6.08 Å². The van der Waals surface area contributed by atoms with Gasteiger partial charge >= 0.3 is 12.1 Å².